The summed E-state index contributed by atoms with van der Waals surface area (Å²) in [5, 5.41) is 4.09. The number of piperazine rings is 1. The van der Waals surface area contributed by atoms with E-state index in [2.05, 4.69) is 52.5 Å². The van der Waals surface area contributed by atoms with Crippen LogP contribution >= 0.6 is 0 Å². The molecule has 7 heteroatoms. The molecule has 0 radical (unpaired) electrons. The SMILES string of the molecule is CC1CCCCN1C(=O)CN1CCN(Cc2nc(C(C)(C)C)no2)CC1. The molecule has 3 heterocycles. The first-order valence-electron chi connectivity index (χ1n) is 9.90. The van der Waals surface area contributed by atoms with Crippen molar-refractivity contribution in [2.75, 3.05) is 39.3 Å². The number of nitrogens with zero attached hydrogens (tertiary/aromatic N) is 5. The summed E-state index contributed by atoms with van der Waals surface area (Å²) < 4.78 is 5.40. The number of aromatic nitrogens is 2. The fraction of sp³-hybridized carbons (Fsp3) is 0.842. The van der Waals surface area contributed by atoms with Gasteiger partial charge in [-0.1, -0.05) is 25.9 Å². The number of amides is 1. The van der Waals surface area contributed by atoms with E-state index >= 15 is 0 Å². The molecule has 0 bridgehead atoms. The molecular weight excluding hydrogens is 330 g/mol. The van der Waals surface area contributed by atoms with Gasteiger partial charge >= 0.3 is 0 Å². The van der Waals surface area contributed by atoms with Crippen molar-refractivity contribution in [2.24, 2.45) is 0 Å². The van der Waals surface area contributed by atoms with Crippen LogP contribution in [0.5, 0.6) is 0 Å². The summed E-state index contributed by atoms with van der Waals surface area (Å²) in [6, 6.07) is 0.395. The van der Waals surface area contributed by atoms with Gasteiger partial charge in [-0.3, -0.25) is 14.6 Å². The van der Waals surface area contributed by atoms with Crippen molar-refractivity contribution in [2.45, 2.75) is 65.0 Å². The minimum absolute atomic E-state index is 0.0909. The van der Waals surface area contributed by atoms with Crippen molar-refractivity contribution in [1.29, 1.82) is 0 Å². The molecule has 0 spiro atoms. The Labute approximate surface area is 156 Å². The quantitative estimate of drug-likeness (QED) is 0.814. The predicted octanol–water partition coefficient (Wildman–Crippen LogP) is 1.89. The minimum Gasteiger partial charge on any atom is -0.339 e. The van der Waals surface area contributed by atoms with Crippen molar-refractivity contribution in [3.63, 3.8) is 0 Å². The standard InChI is InChI=1S/C19H33N5O2/c1-15-7-5-6-8-24(15)17(25)14-23-11-9-22(10-12-23)13-16-20-18(21-26-16)19(2,3)4/h15H,5-14H2,1-4H3. The molecular formula is C19H33N5O2. The number of carbonyl (C=O) groups excluding carboxylic acids is 1. The van der Waals surface area contributed by atoms with Gasteiger partial charge in [0, 0.05) is 44.2 Å². The van der Waals surface area contributed by atoms with Crippen LogP contribution in [0.3, 0.4) is 0 Å². The van der Waals surface area contributed by atoms with Crippen LogP contribution < -0.4 is 0 Å². The molecule has 0 aliphatic carbocycles. The smallest absolute Gasteiger partial charge is 0.240 e. The summed E-state index contributed by atoms with van der Waals surface area (Å²) in [5.74, 6) is 1.73. The van der Waals surface area contributed by atoms with E-state index in [-0.39, 0.29) is 11.3 Å². The third-order valence-electron chi connectivity index (χ3n) is 5.44. The number of piperidine rings is 1. The van der Waals surface area contributed by atoms with Gasteiger partial charge in [-0.25, -0.2) is 0 Å². The number of carbonyl (C=O) groups is 1. The van der Waals surface area contributed by atoms with E-state index in [0.717, 1.165) is 51.4 Å². The molecule has 1 unspecified atom stereocenters. The number of likely N-dealkylation sites (tertiary alicyclic amines) is 1. The van der Waals surface area contributed by atoms with Crippen LogP contribution in [0.2, 0.25) is 0 Å². The van der Waals surface area contributed by atoms with Gasteiger partial charge in [0.1, 0.15) is 0 Å². The van der Waals surface area contributed by atoms with E-state index in [9.17, 15) is 4.79 Å². The number of hydrogen-bond acceptors (Lipinski definition) is 6. The summed E-state index contributed by atoms with van der Waals surface area (Å²) in [6.45, 7) is 14.3. The minimum atomic E-state index is -0.0909. The largest absolute Gasteiger partial charge is 0.339 e. The Balaban J connectivity index is 1.44. The van der Waals surface area contributed by atoms with Gasteiger partial charge in [-0.2, -0.15) is 4.98 Å². The lowest BCUT2D eigenvalue weighted by Crippen LogP contribution is -2.51. The van der Waals surface area contributed by atoms with Crippen LogP contribution in [-0.4, -0.2) is 76.1 Å². The normalized spacial score (nSPS) is 23.4. The Morgan fingerprint density at radius 3 is 2.42 bits per heavy atom. The van der Waals surface area contributed by atoms with Crippen LogP contribution in [0, 0.1) is 0 Å². The average molecular weight is 364 g/mol. The summed E-state index contributed by atoms with van der Waals surface area (Å²) in [4.78, 5) is 23.8. The molecule has 2 fully saturated rings. The lowest BCUT2D eigenvalue weighted by Gasteiger charge is -2.37. The molecule has 3 rings (SSSR count). The van der Waals surface area contributed by atoms with Gasteiger partial charge in [0.25, 0.3) is 0 Å². The maximum absolute atomic E-state index is 12.6. The van der Waals surface area contributed by atoms with E-state index in [0.29, 0.717) is 25.0 Å². The topological polar surface area (TPSA) is 65.7 Å². The maximum atomic E-state index is 12.6. The zero-order valence-electron chi connectivity index (χ0n) is 16.7. The van der Waals surface area contributed by atoms with Crippen LogP contribution in [-0.2, 0) is 16.8 Å². The summed E-state index contributed by atoms with van der Waals surface area (Å²) in [5.41, 5.74) is -0.0909. The molecule has 2 aliphatic heterocycles. The van der Waals surface area contributed by atoms with Gasteiger partial charge in [0.05, 0.1) is 13.1 Å². The van der Waals surface area contributed by atoms with Gasteiger partial charge in [-0.05, 0) is 26.2 Å². The van der Waals surface area contributed by atoms with Crippen LogP contribution in [0.4, 0.5) is 0 Å². The fourth-order valence-electron chi connectivity index (χ4n) is 3.67. The first-order valence-corrected chi connectivity index (χ1v) is 9.90. The summed E-state index contributed by atoms with van der Waals surface area (Å²) in [6.07, 6.45) is 3.53. The molecule has 146 valence electrons. The number of rotatable bonds is 4. The second-order valence-electron chi connectivity index (χ2n) is 8.75. The zero-order valence-corrected chi connectivity index (χ0v) is 16.7. The first-order chi connectivity index (χ1) is 12.3. The molecule has 1 aromatic heterocycles. The highest BCUT2D eigenvalue weighted by molar-refractivity contribution is 5.78. The summed E-state index contributed by atoms with van der Waals surface area (Å²) >= 11 is 0. The second-order valence-corrected chi connectivity index (χ2v) is 8.75. The lowest BCUT2D eigenvalue weighted by molar-refractivity contribution is -0.136. The van der Waals surface area contributed by atoms with Crippen LogP contribution in [0.1, 0.15) is 58.7 Å². The van der Waals surface area contributed by atoms with E-state index in [1.165, 1.54) is 6.42 Å². The molecule has 7 nitrogen and oxygen atoms in total. The third kappa shape index (κ3) is 4.82. The van der Waals surface area contributed by atoms with Crippen molar-refractivity contribution in [3.05, 3.63) is 11.7 Å². The van der Waals surface area contributed by atoms with Crippen LogP contribution in [0.25, 0.3) is 0 Å². The Hall–Kier alpha value is -1.47. The molecule has 2 aliphatic rings. The van der Waals surface area contributed by atoms with Crippen LogP contribution in [0.15, 0.2) is 4.52 Å². The maximum Gasteiger partial charge on any atom is 0.240 e. The number of hydrogen-bond donors (Lipinski definition) is 0. The zero-order chi connectivity index (χ0) is 18.7. The van der Waals surface area contributed by atoms with Gasteiger partial charge in [-0.15, -0.1) is 0 Å². The molecule has 1 atom stereocenters. The highest BCUT2D eigenvalue weighted by Crippen LogP contribution is 2.19. The Bertz CT molecular complexity index is 601. The van der Waals surface area contributed by atoms with Gasteiger partial charge in [0.15, 0.2) is 5.82 Å². The second kappa shape index (κ2) is 8.05. The van der Waals surface area contributed by atoms with Crippen molar-refractivity contribution >= 4 is 5.91 Å². The molecule has 0 aromatic carbocycles. The van der Waals surface area contributed by atoms with Crippen molar-refractivity contribution in [1.82, 2.24) is 24.8 Å². The van der Waals surface area contributed by atoms with E-state index in [1.54, 1.807) is 0 Å². The van der Waals surface area contributed by atoms with Gasteiger partial charge in [0.2, 0.25) is 11.8 Å². The molecule has 26 heavy (non-hydrogen) atoms. The molecule has 1 aromatic rings. The highest BCUT2D eigenvalue weighted by atomic mass is 16.5. The fourth-order valence-corrected chi connectivity index (χ4v) is 3.67. The molecule has 0 N–H and O–H groups in total. The Kier molecular flexibility index (Phi) is 5.97. The van der Waals surface area contributed by atoms with E-state index in [4.69, 9.17) is 4.52 Å². The first kappa shape index (κ1) is 19.3. The Morgan fingerprint density at radius 2 is 1.81 bits per heavy atom. The van der Waals surface area contributed by atoms with E-state index < -0.39 is 0 Å². The van der Waals surface area contributed by atoms with Crippen molar-refractivity contribution < 1.29 is 9.32 Å². The lowest BCUT2D eigenvalue weighted by atomic mass is 9.96. The third-order valence-corrected chi connectivity index (χ3v) is 5.44. The van der Waals surface area contributed by atoms with Crippen molar-refractivity contribution in [3.8, 4) is 0 Å². The van der Waals surface area contributed by atoms with E-state index in [1.807, 2.05) is 0 Å². The monoisotopic (exact) mass is 363 g/mol. The average Bonchev–Trinajstić information content (AvgIpc) is 3.06. The molecule has 1 amide bonds. The highest BCUT2D eigenvalue weighted by Gasteiger charge is 2.27. The Morgan fingerprint density at radius 1 is 1.12 bits per heavy atom. The summed E-state index contributed by atoms with van der Waals surface area (Å²) in [7, 11) is 0. The molecule has 0 saturated carbocycles. The molecule has 2 saturated heterocycles. The predicted molar refractivity (Wildman–Crippen MR) is 99.7 cm³/mol. The van der Waals surface area contributed by atoms with Gasteiger partial charge < -0.3 is 9.42 Å².